The molecular formula is C13H13NO2S. The fourth-order valence-corrected chi connectivity index (χ4v) is 1.81. The highest BCUT2D eigenvalue weighted by molar-refractivity contribution is 7.80. The topological polar surface area (TPSA) is 49.3 Å². The van der Waals surface area contributed by atoms with Crippen molar-refractivity contribution in [1.82, 2.24) is 5.32 Å². The first-order valence-electron chi connectivity index (χ1n) is 5.34. The highest BCUT2D eigenvalue weighted by atomic mass is 32.1. The third kappa shape index (κ3) is 2.36. The number of rotatable bonds is 3. The molecule has 0 saturated carbocycles. The van der Waals surface area contributed by atoms with Crippen LogP contribution in [0.3, 0.4) is 0 Å². The molecule has 0 unspecified atom stereocenters. The predicted molar refractivity (Wildman–Crippen MR) is 71.8 cm³/mol. The number of hydrogen-bond donors (Lipinski definition) is 3. The second-order valence-electron chi connectivity index (χ2n) is 3.66. The Morgan fingerprint density at radius 2 is 2.00 bits per heavy atom. The van der Waals surface area contributed by atoms with Crippen LogP contribution in [0.4, 0.5) is 0 Å². The van der Waals surface area contributed by atoms with Gasteiger partial charge in [0.25, 0.3) is 5.91 Å². The van der Waals surface area contributed by atoms with Gasteiger partial charge in [0.1, 0.15) is 5.75 Å². The summed E-state index contributed by atoms with van der Waals surface area (Å²) in [5.74, 6) is 0.321. The van der Waals surface area contributed by atoms with Crippen LogP contribution in [-0.4, -0.2) is 23.3 Å². The Morgan fingerprint density at radius 3 is 2.76 bits per heavy atom. The highest BCUT2D eigenvalue weighted by Gasteiger charge is 2.12. The van der Waals surface area contributed by atoms with Gasteiger partial charge in [-0.15, -0.1) is 0 Å². The van der Waals surface area contributed by atoms with Gasteiger partial charge in [-0.3, -0.25) is 4.79 Å². The number of thiol groups is 1. The number of carbonyl (C=O) groups excluding carboxylic acids is 1. The van der Waals surface area contributed by atoms with Crippen molar-refractivity contribution in [3.63, 3.8) is 0 Å². The Morgan fingerprint density at radius 1 is 1.24 bits per heavy atom. The minimum Gasteiger partial charge on any atom is -0.506 e. The summed E-state index contributed by atoms with van der Waals surface area (Å²) >= 11 is 4.02. The van der Waals surface area contributed by atoms with Crippen LogP contribution in [0.15, 0.2) is 36.4 Å². The zero-order valence-electron chi connectivity index (χ0n) is 9.18. The second-order valence-corrected chi connectivity index (χ2v) is 4.11. The Labute approximate surface area is 105 Å². The molecule has 0 saturated heterocycles. The zero-order valence-corrected chi connectivity index (χ0v) is 10.1. The molecule has 1 amide bonds. The quantitative estimate of drug-likeness (QED) is 0.728. The number of nitrogens with one attached hydrogen (secondary N) is 1. The van der Waals surface area contributed by atoms with Crippen LogP contribution in [-0.2, 0) is 0 Å². The van der Waals surface area contributed by atoms with E-state index in [-0.39, 0.29) is 11.7 Å². The maximum atomic E-state index is 11.8. The molecule has 0 bridgehead atoms. The predicted octanol–water partition coefficient (Wildman–Crippen LogP) is 2.21. The normalized spacial score (nSPS) is 10.4. The van der Waals surface area contributed by atoms with E-state index in [9.17, 15) is 9.90 Å². The summed E-state index contributed by atoms with van der Waals surface area (Å²) in [6.45, 7) is 0.480. The van der Waals surface area contributed by atoms with Crippen molar-refractivity contribution < 1.29 is 9.90 Å². The Balaban J connectivity index is 2.42. The number of phenols is 1. The molecular weight excluding hydrogens is 234 g/mol. The molecule has 2 rings (SSSR count). The first-order chi connectivity index (χ1) is 8.24. The fourth-order valence-electron chi connectivity index (χ4n) is 1.70. The summed E-state index contributed by atoms with van der Waals surface area (Å²) in [7, 11) is 0. The van der Waals surface area contributed by atoms with E-state index in [0.29, 0.717) is 23.2 Å². The average Bonchev–Trinajstić information content (AvgIpc) is 2.37. The Bertz CT molecular complexity index is 554. The van der Waals surface area contributed by atoms with E-state index in [1.165, 1.54) is 0 Å². The summed E-state index contributed by atoms with van der Waals surface area (Å²) in [5.41, 5.74) is 0.297. The molecule has 0 aliphatic rings. The third-order valence-corrected chi connectivity index (χ3v) is 2.77. The number of benzene rings is 2. The third-order valence-electron chi connectivity index (χ3n) is 2.54. The lowest BCUT2D eigenvalue weighted by Gasteiger charge is -2.08. The van der Waals surface area contributed by atoms with E-state index in [0.717, 1.165) is 5.39 Å². The fraction of sp³-hybridized carbons (Fsp3) is 0.154. The molecule has 0 heterocycles. The van der Waals surface area contributed by atoms with Crippen LogP contribution in [0.1, 0.15) is 10.4 Å². The number of aromatic hydroxyl groups is 1. The largest absolute Gasteiger partial charge is 0.506 e. The van der Waals surface area contributed by atoms with Gasteiger partial charge in [-0.2, -0.15) is 12.6 Å². The molecule has 88 valence electrons. The van der Waals surface area contributed by atoms with E-state index in [2.05, 4.69) is 17.9 Å². The molecule has 17 heavy (non-hydrogen) atoms. The first-order valence-corrected chi connectivity index (χ1v) is 5.97. The monoisotopic (exact) mass is 247 g/mol. The van der Waals surface area contributed by atoms with Crippen LogP contribution in [0, 0.1) is 0 Å². The molecule has 0 fully saturated rings. The van der Waals surface area contributed by atoms with Crippen LogP contribution >= 0.6 is 12.6 Å². The van der Waals surface area contributed by atoms with E-state index in [4.69, 9.17) is 0 Å². The SMILES string of the molecule is O=C(NCCS)c1ccc2ccccc2c1O. The van der Waals surface area contributed by atoms with Gasteiger partial charge in [0.15, 0.2) is 0 Å². The lowest BCUT2D eigenvalue weighted by atomic mass is 10.0. The maximum absolute atomic E-state index is 11.8. The summed E-state index contributed by atoms with van der Waals surface area (Å²) in [4.78, 5) is 11.8. The Hall–Kier alpha value is -1.68. The van der Waals surface area contributed by atoms with Crippen LogP contribution < -0.4 is 5.32 Å². The van der Waals surface area contributed by atoms with E-state index in [1.807, 2.05) is 24.3 Å². The zero-order chi connectivity index (χ0) is 12.3. The van der Waals surface area contributed by atoms with Gasteiger partial charge in [0.05, 0.1) is 5.56 Å². The van der Waals surface area contributed by atoms with E-state index in [1.54, 1.807) is 12.1 Å². The van der Waals surface area contributed by atoms with Crippen LogP contribution in [0.5, 0.6) is 5.75 Å². The van der Waals surface area contributed by atoms with Gasteiger partial charge in [0.2, 0.25) is 0 Å². The molecule has 2 aromatic rings. The molecule has 0 aromatic heterocycles. The second kappa shape index (κ2) is 5.10. The maximum Gasteiger partial charge on any atom is 0.255 e. The van der Waals surface area contributed by atoms with Crippen molar-refractivity contribution in [2.24, 2.45) is 0 Å². The molecule has 4 heteroatoms. The molecule has 0 aliphatic heterocycles. The number of phenolic OH excluding ortho intramolecular Hbond substituents is 1. The lowest BCUT2D eigenvalue weighted by Crippen LogP contribution is -2.25. The summed E-state index contributed by atoms with van der Waals surface area (Å²) in [6, 6.07) is 10.9. The average molecular weight is 247 g/mol. The van der Waals surface area contributed by atoms with Gasteiger partial charge >= 0.3 is 0 Å². The molecule has 2 N–H and O–H groups in total. The van der Waals surface area contributed by atoms with Gasteiger partial charge < -0.3 is 10.4 Å². The number of carbonyl (C=O) groups is 1. The summed E-state index contributed by atoms with van der Waals surface area (Å²) in [5, 5.41) is 14.3. The first kappa shape index (κ1) is 11.8. The molecule has 3 nitrogen and oxygen atoms in total. The van der Waals surface area contributed by atoms with Crippen molar-refractivity contribution >= 4 is 29.3 Å². The van der Waals surface area contributed by atoms with E-state index >= 15 is 0 Å². The Kier molecular flexibility index (Phi) is 3.54. The van der Waals surface area contributed by atoms with Gasteiger partial charge in [-0.25, -0.2) is 0 Å². The van der Waals surface area contributed by atoms with Crippen molar-refractivity contribution in [2.45, 2.75) is 0 Å². The van der Waals surface area contributed by atoms with Crippen molar-refractivity contribution in [1.29, 1.82) is 0 Å². The van der Waals surface area contributed by atoms with Crippen LogP contribution in [0.2, 0.25) is 0 Å². The van der Waals surface area contributed by atoms with Crippen LogP contribution in [0.25, 0.3) is 10.8 Å². The van der Waals surface area contributed by atoms with Crippen molar-refractivity contribution in [3.05, 3.63) is 42.0 Å². The van der Waals surface area contributed by atoms with E-state index < -0.39 is 0 Å². The van der Waals surface area contributed by atoms with Gasteiger partial charge in [0, 0.05) is 17.7 Å². The number of amides is 1. The van der Waals surface area contributed by atoms with Gasteiger partial charge in [-0.05, 0) is 11.5 Å². The number of fused-ring (bicyclic) bond motifs is 1. The minimum atomic E-state index is -0.276. The van der Waals surface area contributed by atoms with Crippen molar-refractivity contribution in [2.75, 3.05) is 12.3 Å². The summed E-state index contributed by atoms with van der Waals surface area (Å²) in [6.07, 6.45) is 0. The van der Waals surface area contributed by atoms with Gasteiger partial charge in [-0.1, -0.05) is 30.3 Å². The minimum absolute atomic E-state index is 0.0276. The number of hydrogen-bond acceptors (Lipinski definition) is 3. The molecule has 0 aliphatic carbocycles. The van der Waals surface area contributed by atoms with Crippen molar-refractivity contribution in [3.8, 4) is 5.75 Å². The standard InChI is InChI=1S/C13H13NO2S/c15-12-10-4-2-1-3-9(10)5-6-11(12)13(16)14-7-8-17/h1-6,15,17H,7-8H2,(H,14,16). The molecule has 2 aromatic carbocycles. The highest BCUT2D eigenvalue weighted by Crippen LogP contribution is 2.28. The smallest absolute Gasteiger partial charge is 0.255 e. The summed E-state index contributed by atoms with van der Waals surface area (Å²) < 4.78 is 0. The lowest BCUT2D eigenvalue weighted by molar-refractivity contribution is 0.0954. The molecule has 0 atom stereocenters. The molecule has 0 spiro atoms. The molecule has 0 radical (unpaired) electrons.